The molecule has 0 radical (unpaired) electrons. The zero-order valence-corrected chi connectivity index (χ0v) is 10.3. The molecular formula is C6H11NaO5S. The Bertz CT molecular complexity index is 235. The molecule has 0 fully saturated rings. The molecule has 0 atom stereocenters. The molecule has 13 heavy (non-hydrogen) atoms. The van der Waals surface area contributed by atoms with Crippen molar-refractivity contribution in [3.05, 3.63) is 0 Å². The second-order valence-corrected chi connectivity index (χ2v) is 3.99. The Morgan fingerprint density at radius 3 is 2.15 bits per heavy atom. The van der Waals surface area contributed by atoms with Gasteiger partial charge in [-0.25, -0.2) is 8.42 Å². The number of carbonyl (C=O) groups is 1. The maximum absolute atomic E-state index is 10.1. The molecule has 0 aromatic carbocycles. The Morgan fingerprint density at radius 1 is 1.23 bits per heavy atom. The summed E-state index contributed by atoms with van der Waals surface area (Å²) < 4.78 is 30.2. The summed E-state index contributed by atoms with van der Waals surface area (Å²) in [5.41, 5.74) is 0. The van der Waals surface area contributed by atoms with Gasteiger partial charge < -0.3 is 9.66 Å². The smallest absolute Gasteiger partial charge is 0.748 e. The third-order valence-corrected chi connectivity index (χ3v) is 2.07. The van der Waals surface area contributed by atoms with Crippen LogP contribution in [-0.4, -0.2) is 29.8 Å². The maximum atomic E-state index is 10.1. The first-order chi connectivity index (χ1) is 5.42. The molecule has 0 bridgehead atoms. The SMILES string of the molecule is O=C(O)CCCCCS(=O)(=O)[O-].[Na+]. The van der Waals surface area contributed by atoms with E-state index in [0.717, 1.165) is 0 Å². The number of aliphatic carboxylic acids is 1. The van der Waals surface area contributed by atoms with Crippen LogP contribution in [0.3, 0.4) is 0 Å². The molecule has 0 aliphatic rings. The largest absolute Gasteiger partial charge is 1.00 e. The number of carboxylic acid groups (broad SMARTS) is 1. The van der Waals surface area contributed by atoms with Crippen molar-refractivity contribution in [1.82, 2.24) is 0 Å². The minimum atomic E-state index is -4.12. The van der Waals surface area contributed by atoms with Crippen LogP contribution in [-0.2, 0) is 14.9 Å². The summed E-state index contributed by atoms with van der Waals surface area (Å²) in [6, 6.07) is 0. The molecule has 0 rings (SSSR count). The molecule has 0 spiro atoms. The number of carboxylic acids is 1. The summed E-state index contributed by atoms with van der Waals surface area (Å²) in [5, 5.41) is 8.19. The van der Waals surface area contributed by atoms with Crippen LogP contribution in [0.4, 0.5) is 0 Å². The van der Waals surface area contributed by atoms with E-state index in [1.807, 2.05) is 0 Å². The molecule has 0 unspecified atom stereocenters. The van der Waals surface area contributed by atoms with Crippen LogP contribution in [0.5, 0.6) is 0 Å². The van der Waals surface area contributed by atoms with E-state index < -0.39 is 21.8 Å². The van der Waals surface area contributed by atoms with Gasteiger partial charge in [-0.05, 0) is 12.8 Å². The van der Waals surface area contributed by atoms with Crippen LogP contribution >= 0.6 is 0 Å². The van der Waals surface area contributed by atoms with E-state index in [1.165, 1.54) is 0 Å². The number of hydrogen-bond donors (Lipinski definition) is 1. The van der Waals surface area contributed by atoms with E-state index >= 15 is 0 Å². The van der Waals surface area contributed by atoms with Crippen molar-refractivity contribution in [2.45, 2.75) is 25.7 Å². The van der Waals surface area contributed by atoms with Gasteiger partial charge in [-0.3, -0.25) is 4.79 Å². The molecule has 0 amide bonds. The van der Waals surface area contributed by atoms with E-state index in [0.29, 0.717) is 12.8 Å². The fourth-order valence-electron chi connectivity index (χ4n) is 0.732. The van der Waals surface area contributed by atoms with Gasteiger partial charge in [0, 0.05) is 12.2 Å². The van der Waals surface area contributed by atoms with Crippen molar-refractivity contribution in [2.75, 3.05) is 5.75 Å². The van der Waals surface area contributed by atoms with Gasteiger partial charge in [-0.15, -0.1) is 0 Å². The summed E-state index contributed by atoms with van der Waals surface area (Å²) in [6.07, 6.45) is 1.16. The predicted molar refractivity (Wildman–Crippen MR) is 40.7 cm³/mol. The van der Waals surface area contributed by atoms with E-state index in [2.05, 4.69) is 0 Å². The minimum Gasteiger partial charge on any atom is -0.748 e. The summed E-state index contributed by atoms with van der Waals surface area (Å²) in [7, 11) is -4.12. The first kappa shape index (κ1) is 15.8. The predicted octanol–water partition coefficient (Wildman–Crippen LogP) is -2.82. The van der Waals surface area contributed by atoms with Crippen LogP contribution < -0.4 is 29.6 Å². The zero-order valence-electron chi connectivity index (χ0n) is 7.52. The summed E-state index contributed by atoms with van der Waals surface area (Å²) in [6.45, 7) is 0. The van der Waals surface area contributed by atoms with Crippen LogP contribution in [0.2, 0.25) is 0 Å². The fourth-order valence-corrected chi connectivity index (χ4v) is 1.29. The van der Waals surface area contributed by atoms with E-state index in [-0.39, 0.29) is 42.4 Å². The van der Waals surface area contributed by atoms with Crippen LogP contribution in [0.15, 0.2) is 0 Å². The fraction of sp³-hybridized carbons (Fsp3) is 0.833. The van der Waals surface area contributed by atoms with Gasteiger partial charge in [0.25, 0.3) is 0 Å². The van der Waals surface area contributed by atoms with Crippen LogP contribution in [0.25, 0.3) is 0 Å². The third-order valence-electron chi connectivity index (χ3n) is 1.28. The topological polar surface area (TPSA) is 94.5 Å². The molecule has 0 aromatic heterocycles. The van der Waals surface area contributed by atoms with E-state index in [1.54, 1.807) is 0 Å². The van der Waals surface area contributed by atoms with Gasteiger partial charge in [0.15, 0.2) is 0 Å². The quantitative estimate of drug-likeness (QED) is 0.295. The Kier molecular flexibility index (Phi) is 9.44. The number of hydrogen-bond acceptors (Lipinski definition) is 4. The zero-order chi connectivity index (χ0) is 9.61. The Labute approximate surface area is 99.6 Å². The molecule has 7 heteroatoms. The summed E-state index contributed by atoms with van der Waals surface area (Å²) >= 11 is 0. The molecule has 1 N–H and O–H groups in total. The second-order valence-electron chi connectivity index (χ2n) is 2.47. The standard InChI is InChI=1S/C6H12O5S.Na/c7-6(8)4-2-1-3-5-12(9,10)11;/h1-5H2,(H,7,8)(H,9,10,11);/q;+1/p-1. The normalized spacial score (nSPS) is 10.5. The molecule has 0 aliphatic carbocycles. The minimum absolute atomic E-state index is 0. The van der Waals surface area contributed by atoms with Crippen LogP contribution in [0, 0.1) is 0 Å². The van der Waals surface area contributed by atoms with Gasteiger partial charge in [0.2, 0.25) is 0 Å². The molecule has 5 nitrogen and oxygen atoms in total. The molecule has 0 aromatic rings. The monoisotopic (exact) mass is 218 g/mol. The van der Waals surface area contributed by atoms with Crippen molar-refractivity contribution in [3.63, 3.8) is 0 Å². The Hall–Kier alpha value is 0.380. The van der Waals surface area contributed by atoms with Crippen molar-refractivity contribution in [2.24, 2.45) is 0 Å². The van der Waals surface area contributed by atoms with Gasteiger partial charge in [0.05, 0.1) is 10.1 Å². The van der Waals surface area contributed by atoms with Crippen molar-refractivity contribution < 1.29 is 52.4 Å². The van der Waals surface area contributed by atoms with Crippen molar-refractivity contribution in [1.29, 1.82) is 0 Å². The first-order valence-electron chi connectivity index (χ1n) is 3.57. The number of rotatable bonds is 6. The number of unbranched alkanes of at least 4 members (excludes halogenated alkanes) is 2. The van der Waals surface area contributed by atoms with E-state index in [4.69, 9.17) is 5.11 Å². The first-order valence-corrected chi connectivity index (χ1v) is 5.15. The molecule has 72 valence electrons. The average molecular weight is 218 g/mol. The van der Waals surface area contributed by atoms with Crippen LogP contribution in [0.1, 0.15) is 25.7 Å². The molecular weight excluding hydrogens is 207 g/mol. The van der Waals surface area contributed by atoms with E-state index in [9.17, 15) is 17.8 Å². The van der Waals surface area contributed by atoms with Gasteiger partial charge in [0.1, 0.15) is 0 Å². The molecule has 0 saturated heterocycles. The van der Waals surface area contributed by atoms with Gasteiger partial charge in [-0.2, -0.15) is 0 Å². The summed E-state index contributed by atoms with van der Waals surface area (Å²) in [5.74, 6) is -1.30. The van der Waals surface area contributed by atoms with Crippen molar-refractivity contribution >= 4 is 16.1 Å². The van der Waals surface area contributed by atoms with Gasteiger partial charge in [-0.1, -0.05) is 6.42 Å². The maximum Gasteiger partial charge on any atom is 1.00 e. The second kappa shape index (κ2) is 7.75. The average Bonchev–Trinajstić information content (AvgIpc) is 1.83. The summed E-state index contributed by atoms with van der Waals surface area (Å²) in [4.78, 5) is 9.98. The Balaban J connectivity index is 0. The molecule has 0 aliphatic heterocycles. The van der Waals surface area contributed by atoms with Crippen molar-refractivity contribution in [3.8, 4) is 0 Å². The van der Waals surface area contributed by atoms with Gasteiger partial charge >= 0.3 is 35.5 Å². The Morgan fingerprint density at radius 2 is 1.77 bits per heavy atom. The molecule has 0 heterocycles. The molecule has 0 saturated carbocycles. The third kappa shape index (κ3) is 15.2.